The highest BCUT2D eigenvalue weighted by atomic mass is 16.6. The first kappa shape index (κ1) is 78.6. The third-order valence-electron chi connectivity index (χ3n) is 19.0. The summed E-state index contributed by atoms with van der Waals surface area (Å²) < 4.78 is 85.8. The van der Waals surface area contributed by atoms with Crippen LogP contribution in [0.15, 0.2) is 340 Å². The Hall–Kier alpha value is -14.1. The number of hydrogen-bond acceptors (Lipinski definition) is 18. The lowest BCUT2D eigenvalue weighted by molar-refractivity contribution is -0.194. The van der Waals surface area contributed by atoms with Gasteiger partial charge in [0.05, 0.1) is 16.7 Å². The van der Waals surface area contributed by atoms with Crippen LogP contribution in [0.1, 0.15) is 99.6 Å². The number of esters is 4. The molecule has 0 bridgehead atoms. The summed E-state index contributed by atoms with van der Waals surface area (Å²) >= 11 is 0. The summed E-state index contributed by atoms with van der Waals surface area (Å²) in [5, 5.41) is 13.3. The van der Waals surface area contributed by atoms with E-state index in [-0.39, 0.29) is 135 Å². The molecule has 0 heterocycles. The Kier molecular flexibility index (Phi) is 26.7. The smallest absolute Gasteiger partial charge is 0.338 e. The minimum absolute atomic E-state index is 0.00704. The molecule has 1 aliphatic carbocycles. The molecule has 2 atom stereocenters. The monoisotopic (exact) mass is 1550 g/mol. The van der Waals surface area contributed by atoms with Gasteiger partial charge in [0, 0.05) is 12.8 Å². The van der Waals surface area contributed by atoms with Gasteiger partial charge in [-0.05, 0) is 92.0 Å². The standard InChI is InChI=1S/C98H84O18/c99-94(79-51-82(104-59-69-31-11-1-12-32-69)90(110-65-75-43-23-7-24-44-75)83(52-79)105-60-70-33-13-2-14-34-70)114-88-57-98(103,97(102)113-68-78-49-29-10-30-50-78)58-89(115-95(100)80-53-84(106-61-71-35-15-3-16-36-71)91(111-66-76-45-25-8-26-46-76)85(54-80)107-62-72-37-17-4-18-38-72)93(88)116-96(101)81-55-86(108-63-73-39-19-5-20-40-73)92(112-67-77-47-27-9-28-48-77)87(56-81)109-64-74-41-21-6-22-42-74/h1-56,88-89,93,103H,57-68H2/t88-,89-,93?,98?/m1/s1. The van der Waals surface area contributed by atoms with E-state index in [1.165, 1.54) is 36.4 Å². The second-order valence-electron chi connectivity index (χ2n) is 27.6. The van der Waals surface area contributed by atoms with E-state index in [1.54, 1.807) is 30.3 Å². The van der Waals surface area contributed by atoms with Gasteiger partial charge in [-0.2, -0.15) is 0 Å². The van der Waals surface area contributed by atoms with E-state index in [2.05, 4.69) is 0 Å². The van der Waals surface area contributed by atoms with Crippen molar-refractivity contribution in [2.45, 2.75) is 103 Å². The van der Waals surface area contributed by atoms with Crippen molar-refractivity contribution in [1.29, 1.82) is 0 Å². The summed E-state index contributed by atoms with van der Waals surface area (Å²) in [5.41, 5.74) is 4.55. The highest BCUT2D eigenvalue weighted by molar-refractivity contribution is 5.94. The highest BCUT2D eigenvalue weighted by Crippen LogP contribution is 2.46. The number of carbonyl (C=O) groups is 4. The van der Waals surface area contributed by atoms with Gasteiger partial charge in [-0.3, -0.25) is 0 Å². The van der Waals surface area contributed by atoms with E-state index in [0.29, 0.717) is 5.56 Å². The topological polar surface area (TPSA) is 208 Å². The molecule has 0 amide bonds. The average Bonchev–Trinajstić information content (AvgIpc) is 0.767. The predicted octanol–water partition coefficient (Wildman–Crippen LogP) is 19.1. The van der Waals surface area contributed by atoms with Crippen LogP contribution >= 0.6 is 0 Å². The van der Waals surface area contributed by atoms with Gasteiger partial charge in [-0.25, -0.2) is 19.2 Å². The number of benzene rings is 13. The molecule has 14 rings (SSSR count). The number of ether oxygens (including phenoxy) is 13. The lowest BCUT2D eigenvalue weighted by Gasteiger charge is -2.42. The van der Waals surface area contributed by atoms with Gasteiger partial charge in [0.25, 0.3) is 0 Å². The van der Waals surface area contributed by atoms with Crippen LogP contribution in [-0.4, -0.2) is 52.9 Å². The van der Waals surface area contributed by atoms with Gasteiger partial charge in [-0.1, -0.05) is 303 Å². The fourth-order valence-corrected chi connectivity index (χ4v) is 13.0. The van der Waals surface area contributed by atoms with Crippen molar-refractivity contribution >= 4 is 23.9 Å². The van der Waals surface area contributed by atoms with Crippen molar-refractivity contribution in [2.75, 3.05) is 0 Å². The van der Waals surface area contributed by atoms with E-state index in [9.17, 15) is 5.11 Å². The SMILES string of the molecule is O=C(OC1[C@H](OC(=O)c2cc(OCc3ccccc3)c(OCc3ccccc3)c(OCc3ccccc3)c2)CC(O)(C(=O)OCc2ccccc2)C[C@H]1OC(=O)c1cc(OCc2ccccc2)c(OCc2ccccc2)c(OCc2ccccc2)c1)c1cc(OCc2ccccc2)c(OCc2ccccc2)c(OCc2ccccc2)c1. The fraction of sp³-hybridized carbons (Fsp3) is 0.163. The molecule has 1 saturated carbocycles. The molecule has 1 N–H and O–H groups in total. The van der Waals surface area contributed by atoms with Gasteiger partial charge in [0.15, 0.2) is 46.2 Å². The minimum atomic E-state index is -2.67. The molecule has 1 fully saturated rings. The predicted molar refractivity (Wildman–Crippen MR) is 434 cm³/mol. The lowest BCUT2D eigenvalue weighted by Crippen LogP contribution is -2.59. The van der Waals surface area contributed by atoms with Crippen LogP contribution in [0, 0.1) is 0 Å². The second-order valence-corrected chi connectivity index (χ2v) is 27.6. The largest absolute Gasteiger partial charge is 0.485 e. The maximum atomic E-state index is 16.0. The Morgan fingerprint density at radius 3 is 0.638 bits per heavy atom. The van der Waals surface area contributed by atoms with E-state index >= 15 is 19.2 Å². The van der Waals surface area contributed by atoms with Gasteiger partial charge >= 0.3 is 23.9 Å². The number of aliphatic hydroxyl groups is 1. The van der Waals surface area contributed by atoms with Crippen molar-refractivity contribution in [3.63, 3.8) is 0 Å². The summed E-state index contributed by atoms with van der Waals surface area (Å²) in [6, 6.07) is 102. The molecular formula is C98H84O18. The minimum Gasteiger partial charge on any atom is -0.485 e. The van der Waals surface area contributed by atoms with Crippen molar-refractivity contribution in [2.24, 2.45) is 0 Å². The summed E-state index contributed by atoms with van der Waals surface area (Å²) in [4.78, 5) is 63.1. The van der Waals surface area contributed by atoms with Crippen LogP contribution < -0.4 is 42.6 Å². The van der Waals surface area contributed by atoms with Crippen LogP contribution in [-0.2, 0) is 89.8 Å². The van der Waals surface area contributed by atoms with Crippen LogP contribution in [0.2, 0.25) is 0 Å². The van der Waals surface area contributed by atoms with E-state index in [4.69, 9.17) is 61.6 Å². The van der Waals surface area contributed by atoms with Gasteiger partial charge in [-0.15, -0.1) is 0 Å². The first-order chi connectivity index (χ1) is 57.0. The summed E-state index contributed by atoms with van der Waals surface area (Å²) in [5.74, 6) is -3.55. The molecule has 0 radical (unpaired) electrons. The first-order valence-corrected chi connectivity index (χ1v) is 38.1. The Balaban J connectivity index is 0.901. The molecule has 0 saturated heterocycles. The molecule has 18 heteroatoms. The third-order valence-corrected chi connectivity index (χ3v) is 19.0. The highest BCUT2D eigenvalue weighted by Gasteiger charge is 2.56. The van der Waals surface area contributed by atoms with Crippen LogP contribution in [0.3, 0.4) is 0 Å². The Morgan fingerprint density at radius 2 is 0.431 bits per heavy atom. The molecule has 18 nitrogen and oxygen atoms in total. The molecule has 1 aliphatic rings. The summed E-state index contributed by atoms with van der Waals surface area (Å²) in [6.45, 7) is -0.0888. The zero-order chi connectivity index (χ0) is 79.5. The lowest BCUT2D eigenvalue weighted by atomic mass is 9.79. The maximum absolute atomic E-state index is 16.0. The fourth-order valence-electron chi connectivity index (χ4n) is 13.0. The van der Waals surface area contributed by atoms with E-state index < -0.39 is 60.6 Å². The van der Waals surface area contributed by atoms with Crippen LogP contribution in [0.5, 0.6) is 51.7 Å². The molecule has 0 spiro atoms. The number of carbonyl (C=O) groups excluding carboxylic acids is 4. The third kappa shape index (κ3) is 21.8. The van der Waals surface area contributed by atoms with E-state index in [1.807, 2.05) is 273 Å². The van der Waals surface area contributed by atoms with Gasteiger partial charge in [0.1, 0.15) is 78.3 Å². The summed E-state index contributed by atoms with van der Waals surface area (Å²) in [6.07, 6.45) is -7.25. The van der Waals surface area contributed by atoms with Crippen LogP contribution in [0.25, 0.3) is 0 Å². The normalized spacial score (nSPS) is 14.8. The zero-order valence-corrected chi connectivity index (χ0v) is 63.4. The molecular weight excluding hydrogens is 1470 g/mol. The van der Waals surface area contributed by atoms with Crippen molar-refractivity contribution in [3.05, 3.63) is 412 Å². The zero-order valence-electron chi connectivity index (χ0n) is 63.4. The first-order valence-electron chi connectivity index (χ1n) is 38.1. The quantitative estimate of drug-likeness (QED) is 0.0286. The number of rotatable bonds is 36. The van der Waals surface area contributed by atoms with Gasteiger partial charge in [0.2, 0.25) is 17.2 Å². The maximum Gasteiger partial charge on any atom is 0.338 e. The van der Waals surface area contributed by atoms with Crippen LogP contribution in [0.4, 0.5) is 0 Å². The van der Waals surface area contributed by atoms with Crippen molar-refractivity contribution in [3.8, 4) is 51.7 Å². The van der Waals surface area contributed by atoms with E-state index in [0.717, 1.165) is 50.1 Å². The molecule has 0 aromatic heterocycles. The van der Waals surface area contributed by atoms with Crippen molar-refractivity contribution < 1.29 is 85.9 Å². The van der Waals surface area contributed by atoms with Gasteiger partial charge < -0.3 is 66.7 Å². The summed E-state index contributed by atoms with van der Waals surface area (Å²) in [7, 11) is 0. The molecule has 13 aromatic rings. The average molecular weight is 1550 g/mol. The molecule has 584 valence electrons. The molecule has 13 aromatic carbocycles. The molecule has 116 heavy (non-hydrogen) atoms. The Labute approximate surface area is 672 Å². The molecule has 0 aliphatic heterocycles. The second kappa shape index (κ2) is 39.4. The number of hydrogen-bond donors (Lipinski definition) is 1. The Bertz CT molecular complexity index is 4920. The Morgan fingerprint density at radius 1 is 0.250 bits per heavy atom. The molecule has 0 unspecified atom stereocenters. The van der Waals surface area contributed by atoms with Crippen molar-refractivity contribution in [1.82, 2.24) is 0 Å².